The summed E-state index contributed by atoms with van der Waals surface area (Å²) in [5, 5.41) is 28.6. The number of rotatable bonds is 0. The zero-order valence-corrected chi connectivity index (χ0v) is 12.8. The Bertz CT molecular complexity index is 1270. The maximum atomic E-state index is 10.4. The fraction of sp³-hybridized carbons (Fsp3) is 0. The van der Waals surface area contributed by atoms with E-state index < -0.39 is 0 Å². The Hall–Kier alpha value is -3.26. The van der Waals surface area contributed by atoms with Crippen molar-refractivity contribution in [3.8, 4) is 11.5 Å². The van der Waals surface area contributed by atoms with Gasteiger partial charge in [-0.05, 0) is 55.9 Å². The van der Waals surface area contributed by atoms with Gasteiger partial charge >= 0.3 is 0 Å². The lowest BCUT2D eigenvalue weighted by Gasteiger charge is -2.10. The van der Waals surface area contributed by atoms with Crippen molar-refractivity contribution in [1.82, 2.24) is 0 Å². The smallest absolute Gasteiger partial charge is 0.166 e. The minimum absolute atomic E-state index is 0.0572. The van der Waals surface area contributed by atoms with Crippen LogP contribution in [0.4, 0.5) is 0 Å². The second kappa shape index (κ2) is 4.62. The Kier molecular flexibility index (Phi) is 2.54. The van der Waals surface area contributed by atoms with Gasteiger partial charge in [0.05, 0.1) is 0 Å². The van der Waals surface area contributed by atoms with Crippen LogP contribution in [0.25, 0.3) is 43.1 Å². The molecule has 0 unspecified atom stereocenters. The van der Waals surface area contributed by atoms with E-state index in [2.05, 4.69) is 48.5 Å². The van der Waals surface area contributed by atoms with E-state index >= 15 is 0 Å². The molecule has 0 aliphatic rings. The summed E-state index contributed by atoms with van der Waals surface area (Å²) >= 11 is 0. The second-order valence-corrected chi connectivity index (χ2v) is 6.18. The van der Waals surface area contributed by atoms with Gasteiger partial charge in [-0.1, -0.05) is 54.6 Å². The van der Waals surface area contributed by atoms with Crippen LogP contribution in [0.3, 0.4) is 0 Å². The van der Waals surface area contributed by atoms with E-state index in [1.54, 1.807) is 0 Å². The SMILES string of the molecule is Oc1ccc2ccc3cc4c(ccc5ccccc54)cc3c2c1O. The lowest BCUT2D eigenvalue weighted by molar-refractivity contribution is 0.408. The number of benzene rings is 5. The molecule has 2 nitrogen and oxygen atoms in total. The predicted octanol–water partition coefficient (Wildman–Crippen LogP) is 5.71. The summed E-state index contributed by atoms with van der Waals surface area (Å²) in [6, 6.07) is 24.2. The van der Waals surface area contributed by atoms with Gasteiger partial charge in [0.25, 0.3) is 0 Å². The number of phenols is 2. The van der Waals surface area contributed by atoms with Gasteiger partial charge in [-0.15, -0.1) is 0 Å². The normalized spacial score (nSPS) is 11.7. The first-order valence-corrected chi connectivity index (χ1v) is 7.91. The molecule has 0 radical (unpaired) electrons. The molecule has 0 aromatic heterocycles. The van der Waals surface area contributed by atoms with Gasteiger partial charge in [0.2, 0.25) is 0 Å². The summed E-state index contributed by atoms with van der Waals surface area (Å²) in [4.78, 5) is 0. The third-order valence-electron chi connectivity index (χ3n) is 4.82. The zero-order chi connectivity index (χ0) is 16.3. The average Bonchev–Trinajstić information content (AvgIpc) is 2.62. The molecular weight excluding hydrogens is 296 g/mol. The van der Waals surface area contributed by atoms with Crippen LogP contribution in [0.15, 0.2) is 72.8 Å². The van der Waals surface area contributed by atoms with Crippen molar-refractivity contribution < 1.29 is 10.2 Å². The summed E-state index contributed by atoms with van der Waals surface area (Å²) in [7, 11) is 0. The van der Waals surface area contributed by atoms with Crippen LogP contribution < -0.4 is 0 Å². The number of hydrogen-bond acceptors (Lipinski definition) is 2. The van der Waals surface area contributed by atoms with Crippen molar-refractivity contribution in [2.45, 2.75) is 0 Å². The molecule has 5 aromatic carbocycles. The number of fused-ring (bicyclic) bond motifs is 6. The lowest BCUT2D eigenvalue weighted by atomic mass is 9.95. The first-order chi connectivity index (χ1) is 11.7. The molecule has 24 heavy (non-hydrogen) atoms. The molecule has 0 fully saturated rings. The molecule has 0 heterocycles. The number of phenolic OH excluding ortho intramolecular Hbond substituents is 2. The largest absolute Gasteiger partial charge is 0.504 e. The number of aromatic hydroxyl groups is 2. The molecule has 0 saturated carbocycles. The van der Waals surface area contributed by atoms with Crippen LogP contribution in [-0.2, 0) is 0 Å². The van der Waals surface area contributed by atoms with Gasteiger partial charge in [-0.25, -0.2) is 0 Å². The summed E-state index contributed by atoms with van der Waals surface area (Å²) in [5.74, 6) is -0.146. The third-order valence-corrected chi connectivity index (χ3v) is 4.82. The van der Waals surface area contributed by atoms with Gasteiger partial charge in [0.1, 0.15) is 0 Å². The molecule has 5 rings (SSSR count). The van der Waals surface area contributed by atoms with Gasteiger partial charge < -0.3 is 10.2 Å². The third kappa shape index (κ3) is 1.71. The highest BCUT2D eigenvalue weighted by Crippen LogP contribution is 2.40. The molecule has 2 N–H and O–H groups in total. The van der Waals surface area contributed by atoms with Gasteiger partial charge in [0, 0.05) is 5.39 Å². The van der Waals surface area contributed by atoms with Crippen LogP contribution in [-0.4, -0.2) is 10.2 Å². The maximum Gasteiger partial charge on any atom is 0.166 e. The predicted molar refractivity (Wildman–Crippen MR) is 99.8 cm³/mol. The Balaban J connectivity index is 2.02. The first kappa shape index (κ1) is 13.2. The highest BCUT2D eigenvalue weighted by atomic mass is 16.3. The molecule has 0 aliphatic heterocycles. The van der Waals surface area contributed by atoms with Crippen molar-refractivity contribution in [3.63, 3.8) is 0 Å². The monoisotopic (exact) mass is 310 g/mol. The topological polar surface area (TPSA) is 40.5 Å². The van der Waals surface area contributed by atoms with Crippen LogP contribution >= 0.6 is 0 Å². The standard InChI is InChI=1S/C22H14O2/c23-20-10-9-14-6-8-16-11-18-15(12-19(16)21(14)22(20)24)7-5-13-3-1-2-4-17(13)18/h1-12,23-24H. The Morgan fingerprint density at radius 2 is 1.12 bits per heavy atom. The minimum Gasteiger partial charge on any atom is -0.504 e. The fourth-order valence-corrected chi connectivity index (χ4v) is 3.62. The molecular formula is C22H14O2. The summed E-state index contributed by atoms with van der Waals surface area (Å²) < 4.78 is 0. The first-order valence-electron chi connectivity index (χ1n) is 7.91. The molecule has 5 aromatic rings. The highest BCUT2D eigenvalue weighted by Gasteiger charge is 2.11. The molecule has 0 saturated heterocycles. The van der Waals surface area contributed by atoms with Crippen LogP contribution in [0, 0.1) is 0 Å². The second-order valence-electron chi connectivity index (χ2n) is 6.18. The van der Waals surface area contributed by atoms with Gasteiger partial charge in [-0.3, -0.25) is 0 Å². The van der Waals surface area contributed by atoms with Crippen LogP contribution in [0.2, 0.25) is 0 Å². The van der Waals surface area contributed by atoms with Crippen molar-refractivity contribution >= 4 is 43.1 Å². The summed E-state index contributed by atoms with van der Waals surface area (Å²) in [5.41, 5.74) is 0. The minimum atomic E-state index is -0.0893. The molecule has 0 aliphatic carbocycles. The van der Waals surface area contributed by atoms with E-state index in [4.69, 9.17) is 0 Å². The van der Waals surface area contributed by atoms with E-state index in [0.29, 0.717) is 5.39 Å². The van der Waals surface area contributed by atoms with E-state index in [1.165, 1.54) is 22.2 Å². The average molecular weight is 310 g/mol. The highest BCUT2D eigenvalue weighted by molar-refractivity contribution is 6.18. The number of hydrogen-bond donors (Lipinski definition) is 2. The Labute approximate surface area is 138 Å². The van der Waals surface area contributed by atoms with Crippen LogP contribution in [0.1, 0.15) is 0 Å². The lowest BCUT2D eigenvalue weighted by Crippen LogP contribution is -1.83. The fourth-order valence-electron chi connectivity index (χ4n) is 3.62. The molecule has 0 amide bonds. The van der Waals surface area contributed by atoms with Crippen molar-refractivity contribution in [1.29, 1.82) is 0 Å². The molecule has 0 atom stereocenters. The van der Waals surface area contributed by atoms with Gasteiger partial charge in [-0.2, -0.15) is 0 Å². The van der Waals surface area contributed by atoms with E-state index in [9.17, 15) is 10.2 Å². The quantitative estimate of drug-likeness (QED) is 0.218. The van der Waals surface area contributed by atoms with Crippen molar-refractivity contribution in [2.75, 3.05) is 0 Å². The molecule has 114 valence electrons. The van der Waals surface area contributed by atoms with E-state index in [0.717, 1.165) is 21.5 Å². The Morgan fingerprint density at radius 3 is 2.00 bits per heavy atom. The maximum absolute atomic E-state index is 10.4. The Morgan fingerprint density at radius 1 is 0.500 bits per heavy atom. The van der Waals surface area contributed by atoms with Crippen LogP contribution in [0.5, 0.6) is 11.5 Å². The molecule has 0 bridgehead atoms. The van der Waals surface area contributed by atoms with Gasteiger partial charge in [0.15, 0.2) is 11.5 Å². The van der Waals surface area contributed by atoms with E-state index in [1.807, 2.05) is 18.2 Å². The molecule has 0 spiro atoms. The van der Waals surface area contributed by atoms with E-state index in [-0.39, 0.29) is 11.5 Å². The van der Waals surface area contributed by atoms with Crippen molar-refractivity contribution in [2.24, 2.45) is 0 Å². The summed E-state index contributed by atoms with van der Waals surface area (Å²) in [6.45, 7) is 0. The molecule has 2 heteroatoms. The summed E-state index contributed by atoms with van der Waals surface area (Å²) in [6.07, 6.45) is 0. The zero-order valence-electron chi connectivity index (χ0n) is 12.8. The van der Waals surface area contributed by atoms with Crippen molar-refractivity contribution in [3.05, 3.63) is 72.8 Å².